The number of carbonyl (C=O) groups excluding carboxylic acids is 1. The average molecular weight is 362 g/mol. The summed E-state index contributed by atoms with van der Waals surface area (Å²) in [5.41, 5.74) is 0.616. The van der Waals surface area contributed by atoms with Gasteiger partial charge >= 0.3 is 0 Å². The molecule has 1 aliphatic heterocycles. The van der Waals surface area contributed by atoms with Crippen molar-refractivity contribution in [2.45, 2.75) is 12.8 Å². The Labute approximate surface area is 149 Å². The predicted octanol–water partition coefficient (Wildman–Crippen LogP) is 2.64. The number of nitrogens with zero attached hydrogens (tertiary/aromatic N) is 1. The Bertz CT molecular complexity index is 506. The summed E-state index contributed by atoms with van der Waals surface area (Å²) in [4.78, 5) is 14.4. The van der Waals surface area contributed by atoms with Crippen LogP contribution in [0.25, 0.3) is 0 Å². The maximum Gasteiger partial charge on any atom is 0.238 e. The van der Waals surface area contributed by atoms with E-state index in [2.05, 4.69) is 15.5 Å². The van der Waals surface area contributed by atoms with Crippen molar-refractivity contribution in [1.29, 1.82) is 0 Å². The molecule has 1 aliphatic rings. The van der Waals surface area contributed by atoms with Crippen LogP contribution in [0.1, 0.15) is 12.8 Å². The van der Waals surface area contributed by atoms with E-state index in [-0.39, 0.29) is 18.3 Å². The van der Waals surface area contributed by atoms with Crippen molar-refractivity contribution in [2.75, 3.05) is 45.7 Å². The quantitative estimate of drug-likeness (QED) is 0.817. The SMILES string of the molecule is CNCC1CCN(CC(=O)Nc2cc(Cl)ccc2OC)CC1.Cl. The van der Waals surface area contributed by atoms with E-state index in [0.717, 1.165) is 38.4 Å². The summed E-state index contributed by atoms with van der Waals surface area (Å²) in [5.74, 6) is 1.30. The average Bonchev–Trinajstić information content (AvgIpc) is 2.50. The van der Waals surface area contributed by atoms with Crippen molar-refractivity contribution in [2.24, 2.45) is 5.92 Å². The number of amides is 1. The maximum absolute atomic E-state index is 12.2. The fraction of sp³-hybridized carbons (Fsp3) is 0.562. The number of likely N-dealkylation sites (tertiary alicyclic amines) is 1. The van der Waals surface area contributed by atoms with Crippen LogP contribution in [0.3, 0.4) is 0 Å². The van der Waals surface area contributed by atoms with Gasteiger partial charge in [0.05, 0.1) is 19.3 Å². The van der Waals surface area contributed by atoms with E-state index in [0.29, 0.717) is 23.0 Å². The standard InChI is InChI=1S/C16H24ClN3O2.ClH/c1-18-10-12-5-7-20(8-6-12)11-16(21)19-14-9-13(17)3-4-15(14)22-2;/h3-4,9,12,18H,5-8,10-11H2,1-2H3,(H,19,21);1H. The number of hydrogen-bond donors (Lipinski definition) is 2. The van der Waals surface area contributed by atoms with Crippen LogP contribution in [-0.2, 0) is 4.79 Å². The fourth-order valence-electron chi connectivity index (χ4n) is 2.81. The van der Waals surface area contributed by atoms with E-state index in [4.69, 9.17) is 16.3 Å². The van der Waals surface area contributed by atoms with Gasteiger partial charge in [-0.1, -0.05) is 11.6 Å². The molecule has 23 heavy (non-hydrogen) atoms. The van der Waals surface area contributed by atoms with Gasteiger partial charge < -0.3 is 15.4 Å². The zero-order valence-corrected chi connectivity index (χ0v) is 15.2. The van der Waals surface area contributed by atoms with Gasteiger partial charge in [0.15, 0.2) is 0 Å². The van der Waals surface area contributed by atoms with E-state index >= 15 is 0 Å². The van der Waals surface area contributed by atoms with Gasteiger partial charge in [0.25, 0.3) is 0 Å². The summed E-state index contributed by atoms with van der Waals surface area (Å²) in [6.07, 6.45) is 2.27. The van der Waals surface area contributed by atoms with E-state index < -0.39 is 0 Å². The zero-order chi connectivity index (χ0) is 15.9. The van der Waals surface area contributed by atoms with Crippen molar-refractivity contribution in [3.63, 3.8) is 0 Å². The molecule has 130 valence electrons. The van der Waals surface area contributed by atoms with Gasteiger partial charge in [0.1, 0.15) is 5.75 Å². The number of anilines is 1. The Morgan fingerprint density at radius 2 is 2.09 bits per heavy atom. The van der Waals surface area contributed by atoms with Gasteiger partial charge in [0.2, 0.25) is 5.91 Å². The van der Waals surface area contributed by atoms with Gasteiger partial charge in [-0.3, -0.25) is 9.69 Å². The number of ether oxygens (including phenoxy) is 1. The van der Waals surface area contributed by atoms with Crippen molar-refractivity contribution >= 4 is 35.6 Å². The van der Waals surface area contributed by atoms with Crippen LogP contribution < -0.4 is 15.4 Å². The second-order valence-electron chi connectivity index (χ2n) is 5.67. The normalized spacial score (nSPS) is 15.8. The van der Waals surface area contributed by atoms with Gasteiger partial charge in [-0.25, -0.2) is 0 Å². The monoisotopic (exact) mass is 361 g/mol. The molecule has 0 radical (unpaired) electrons. The number of nitrogens with one attached hydrogen (secondary N) is 2. The Hall–Kier alpha value is -1.01. The van der Waals surface area contributed by atoms with Gasteiger partial charge in [-0.15, -0.1) is 12.4 Å². The fourth-order valence-corrected chi connectivity index (χ4v) is 2.98. The third kappa shape index (κ3) is 6.18. The third-order valence-corrected chi connectivity index (χ3v) is 4.24. The van der Waals surface area contributed by atoms with E-state index in [1.165, 1.54) is 0 Å². The zero-order valence-electron chi connectivity index (χ0n) is 13.6. The summed E-state index contributed by atoms with van der Waals surface area (Å²) < 4.78 is 5.24. The minimum atomic E-state index is -0.0346. The Balaban J connectivity index is 0.00000264. The molecule has 0 aliphatic carbocycles. The van der Waals surface area contributed by atoms with Crippen molar-refractivity contribution in [3.05, 3.63) is 23.2 Å². The molecule has 1 aromatic carbocycles. The second kappa shape index (κ2) is 9.98. The molecule has 5 nitrogen and oxygen atoms in total. The summed E-state index contributed by atoms with van der Waals surface area (Å²) in [7, 11) is 3.56. The van der Waals surface area contributed by atoms with Crippen molar-refractivity contribution in [1.82, 2.24) is 10.2 Å². The molecule has 0 saturated carbocycles. The van der Waals surface area contributed by atoms with Crippen LogP contribution in [0, 0.1) is 5.92 Å². The summed E-state index contributed by atoms with van der Waals surface area (Å²) in [6.45, 7) is 3.39. The number of methoxy groups -OCH3 is 1. The molecule has 0 spiro atoms. The number of piperidine rings is 1. The molecular formula is C16H25Cl2N3O2. The lowest BCUT2D eigenvalue weighted by molar-refractivity contribution is -0.117. The van der Waals surface area contributed by atoms with Gasteiger partial charge in [-0.2, -0.15) is 0 Å². The van der Waals surface area contributed by atoms with Gasteiger partial charge in [-0.05, 0) is 63.6 Å². The first kappa shape index (κ1) is 20.0. The molecule has 1 fully saturated rings. The van der Waals surface area contributed by atoms with Crippen LogP contribution in [-0.4, -0.2) is 51.1 Å². The smallest absolute Gasteiger partial charge is 0.238 e. The molecule has 0 aromatic heterocycles. The molecule has 2 N–H and O–H groups in total. The molecule has 0 unspecified atom stereocenters. The minimum absolute atomic E-state index is 0. The molecular weight excluding hydrogens is 337 g/mol. The number of halogens is 2. The predicted molar refractivity (Wildman–Crippen MR) is 97.0 cm³/mol. The molecule has 7 heteroatoms. The second-order valence-corrected chi connectivity index (χ2v) is 6.11. The first-order chi connectivity index (χ1) is 10.6. The molecule has 1 saturated heterocycles. The molecule has 1 amide bonds. The number of rotatable bonds is 6. The van der Waals surface area contributed by atoms with Crippen LogP contribution in [0.15, 0.2) is 18.2 Å². The molecule has 1 heterocycles. The first-order valence-electron chi connectivity index (χ1n) is 7.62. The van der Waals surface area contributed by atoms with Crippen LogP contribution in [0.4, 0.5) is 5.69 Å². The highest BCUT2D eigenvalue weighted by Gasteiger charge is 2.20. The number of hydrogen-bond acceptors (Lipinski definition) is 4. The Morgan fingerprint density at radius 1 is 1.39 bits per heavy atom. The van der Waals surface area contributed by atoms with Crippen molar-refractivity contribution in [3.8, 4) is 5.75 Å². The van der Waals surface area contributed by atoms with Crippen molar-refractivity contribution < 1.29 is 9.53 Å². The first-order valence-corrected chi connectivity index (χ1v) is 8.00. The van der Waals surface area contributed by atoms with Crippen LogP contribution in [0.5, 0.6) is 5.75 Å². The molecule has 2 rings (SSSR count). The molecule has 0 bridgehead atoms. The molecule has 1 aromatic rings. The largest absolute Gasteiger partial charge is 0.495 e. The Kier molecular flexibility index (Phi) is 8.69. The van der Waals surface area contributed by atoms with E-state index in [9.17, 15) is 4.79 Å². The Morgan fingerprint density at radius 3 is 2.70 bits per heavy atom. The lowest BCUT2D eigenvalue weighted by atomic mass is 9.97. The molecule has 0 atom stereocenters. The van der Waals surface area contributed by atoms with Gasteiger partial charge in [0, 0.05) is 5.02 Å². The van der Waals surface area contributed by atoms with E-state index in [1.54, 1.807) is 25.3 Å². The minimum Gasteiger partial charge on any atom is -0.495 e. The lowest BCUT2D eigenvalue weighted by Crippen LogP contribution is -2.40. The topological polar surface area (TPSA) is 53.6 Å². The lowest BCUT2D eigenvalue weighted by Gasteiger charge is -2.31. The summed E-state index contributed by atoms with van der Waals surface area (Å²) >= 11 is 5.97. The third-order valence-electron chi connectivity index (χ3n) is 4.00. The summed E-state index contributed by atoms with van der Waals surface area (Å²) in [6, 6.07) is 5.20. The highest BCUT2D eigenvalue weighted by molar-refractivity contribution is 6.31. The van der Waals surface area contributed by atoms with Crippen LogP contribution >= 0.6 is 24.0 Å². The van der Waals surface area contributed by atoms with E-state index in [1.807, 2.05) is 7.05 Å². The number of carbonyl (C=O) groups is 1. The highest BCUT2D eigenvalue weighted by atomic mass is 35.5. The van der Waals surface area contributed by atoms with Crippen LogP contribution in [0.2, 0.25) is 5.02 Å². The highest BCUT2D eigenvalue weighted by Crippen LogP contribution is 2.27. The number of benzene rings is 1. The maximum atomic E-state index is 12.2. The summed E-state index contributed by atoms with van der Waals surface area (Å²) in [5, 5.41) is 6.68.